The van der Waals surface area contributed by atoms with Crippen LogP contribution in [0.25, 0.3) is 11.0 Å². The Morgan fingerprint density at radius 3 is 2.60 bits per heavy atom. The quantitative estimate of drug-likeness (QED) is 0.371. The van der Waals surface area contributed by atoms with Crippen LogP contribution in [0.15, 0.2) is 58.3 Å². The highest BCUT2D eigenvalue weighted by Crippen LogP contribution is 2.41. The van der Waals surface area contributed by atoms with Crippen LogP contribution in [0.3, 0.4) is 0 Å². The zero-order valence-electron chi connectivity index (χ0n) is 20.2. The van der Waals surface area contributed by atoms with Gasteiger partial charge in [-0.05, 0) is 49.0 Å². The fourth-order valence-corrected chi connectivity index (χ4v) is 4.65. The molecule has 0 aliphatic carbocycles. The minimum atomic E-state index is -0.630. The van der Waals surface area contributed by atoms with Crippen LogP contribution in [0.5, 0.6) is 11.5 Å². The molecule has 4 rings (SSSR count). The van der Waals surface area contributed by atoms with E-state index in [4.69, 9.17) is 25.5 Å². The van der Waals surface area contributed by atoms with Crippen molar-refractivity contribution >= 4 is 28.5 Å². The summed E-state index contributed by atoms with van der Waals surface area (Å²) in [5.74, 6) is 0.812. The van der Waals surface area contributed by atoms with Crippen molar-refractivity contribution in [2.24, 2.45) is 0 Å². The maximum absolute atomic E-state index is 13.7. The molecule has 0 fully saturated rings. The van der Waals surface area contributed by atoms with Gasteiger partial charge >= 0.3 is 0 Å². The Labute approximate surface area is 209 Å². The lowest BCUT2D eigenvalue weighted by molar-refractivity contribution is 0.0708. The molecule has 0 saturated heterocycles. The van der Waals surface area contributed by atoms with E-state index in [2.05, 4.69) is 25.3 Å². The molecule has 0 bridgehead atoms. The lowest BCUT2D eigenvalue weighted by Gasteiger charge is -2.28. The van der Waals surface area contributed by atoms with Gasteiger partial charge in [0.05, 0.1) is 24.1 Å². The number of nitrogens with zero attached hydrogens (tertiary/aromatic N) is 2. The Kier molecular flexibility index (Phi) is 7.48. The largest absolute Gasteiger partial charge is 0.493 e. The highest BCUT2D eigenvalue weighted by molar-refractivity contribution is 6.31. The second-order valence-corrected chi connectivity index (χ2v) is 8.69. The van der Waals surface area contributed by atoms with E-state index in [0.29, 0.717) is 52.8 Å². The zero-order valence-corrected chi connectivity index (χ0v) is 20.9. The zero-order chi connectivity index (χ0) is 25.1. The summed E-state index contributed by atoms with van der Waals surface area (Å²) in [6.07, 6.45) is 1.65. The Bertz CT molecular complexity index is 1310. The third-order valence-corrected chi connectivity index (χ3v) is 6.57. The standard InChI is InChI=1S/C27H29ClN2O5/c1-5-14-34-21-10-8-17(15-22(21)33-4)24-23-25(31)19-16-18(28)9-11-20(19)35-26(23)27(32)30(24)13-12-29(6-2)7-3/h5,8-11,15-16,24H,1,6-7,12-14H2,2-4H3. The van der Waals surface area contributed by atoms with E-state index < -0.39 is 6.04 Å². The molecule has 0 saturated carbocycles. The number of likely N-dealkylation sites (N-methyl/N-ethyl adjacent to an activating group) is 1. The van der Waals surface area contributed by atoms with Crippen molar-refractivity contribution in [1.29, 1.82) is 0 Å². The number of carbonyl (C=O) groups excluding carboxylic acids is 1. The van der Waals surface area contributed by atoms with Gasteiger partial charge in [0.15, 0.2) is 16.9 Å². The van der Waals surface area contributed by atoms with E-state index in [0.717, 1.165) is 18.7 Å². The van der Waals surface area contributed by atoms with Crippen molar-refractivity contribution in [2.75, 3.05) is 39.9 Å². The van der Waals surface area contributed by atoms with E-state index in [1.807, 2.05) is 6.07 Å². The monoisotopic (exact) mass is 496 g/mol. The van der Waals surface area contributed by atoms with Gasteiger partial charge in [-0.3, -0.25) is 9.59 Å². The number of halogens is 1. The number of fused-ring (bicyclic) bond motifs is 2. The molecule has 1 atom stereocenters. The molecule has 1 aliphatic heterocycles. The number of hydrogen-bond donors (Lipinski definition) is 0. The van der Waals surface area contributed by atoms with Crippen LogP contribution in [0.4, 0.5) is 0 Å². The van der Waals surface area contributed by atoms with Gasteiger partial charge in [-0.15, -0.1) is 0 Å². The van der Waals surface area contributed by atoms with Crippen molar-refractivity contribution in [1.82, 2.24) is 9.80 Å². The summed E-state index contributed by atoms with van der Waals surface area (Å²) in [6.45, 7) is 11.0. The molecule has 0 spiro atoms. The number of amides is 1. The first-order valence-corrected chi connectivity index (χ1v) is 12.0. The van der Waals surface area contributed by atoms with Crippen LogP contribution in [0, 0.1) is 0 Å². The summed E-state index contributed by atoms with van der Waals surface area (Å²) in [5.41, 5.74) is 1.11. The SMILES string of the molecule is C=CCOc1ccc(C2c3c(oc4ccc(Cl)cc4c3=O)C(=O)N2CCN(CC)CC)cc1OC. The lowest BCUT2D eigenvalue weighted by atomic mass is 9.98. The average molecular weight is 497 g/mol. The van der Waals surface area contributed by atoms with Crippen LogP contribution < -0.4 is 14.9 Å². The molecular formula is C27H29ClN2O5. The van der Waals surface area contributed by atoms with Crippen LogP contribution in [0.2, 0.25) is 5.02 Å². The Hall–Kier alpha value is -3.29. The third kappa shape index (κ3) is 4.66. The van der Waals surface area contributed by atoms with Gasteiger partial charge in [-0.1, -0.05) is 44.2 Å². The van der Waals surface area contributed by atoms with Crippen molar-refractivity contribution in [3.05, 3.63) is 81.2 Å². The van der Waals surface area contributed by atoms with E-state index >= 15 is 0 Å². The molecule has 1 aromatic heterocycles. The predicted molar refractivity (Wildman–Crippen MR) is 137 cm³/mol. The molecule has 8 heteroatoms. The fourth-order valence-electron chi connectivity index (χ4n) is 4.48. The second-order valence-electron chi connectivity index (χ2n) is 8.25. The average Bonchev–Trinajstić information content (AvgIpc) is 3.15. The topological polar surface area (TPSA) is 72.2 Å². The molecule has 7 nitrogen and oxygen atoms in total. The lowest BCUT2D eigenvalue weighted by Crippen LogP contribution is -2.37. The fraction of sp³-hybridized carbons (Fsp3) is 0.333. The number of hydrogen-bond acceptors (Lipinski definition) is 6. The van der Waals surface area contributed by atoms with E-state index in [1.165, 1.54) is 0 Å². The summed E-state index contributed by atoms with van der Waals surface area (Å²) in [4.78, 5) is 31.2. The molecule has 1 aliphatic rings. The summed E-state index contributed by atoms with van der Waals surface area (Å²) in [7, 11) is 1.55. The number of ether oxygens (including phenoxy) is 2. The molecule has 1 amide bonds. The molecule has 3 aromatic rings. The number of benzene rings is 2. The van der Waals surface area contributed by atoms with Gasteiger partial charge in [0, 0.05) is 18.1 Å². The Morgan fingerprint density at radius 1 is 1.14 bits per heavy atom. The molecule has 2 aromatic carbocycles. The van der Waals surface area contributed by atoms with Crippen LogP contribution in [-0.2, 0) is 0 Å². The van der Waals surface area contributed by atoms with Gasteiger partial charge in [-0.25, -0.2) is 0 Å². The summed E-state index contributed by atoms with van der Waals surface area (Å²) in [5, 5.41) is 0.770. The van der Waals surface area contributed by atoms with Crippen molar-refractivity contribution in [2.45, 2.75) is 19.9 Å². The maximum Gasteiger partial charge on any atom is 0.290 e. The van der Waals surface area contributed by atoms with Gasteiger partial charge in [0.2, 0.25) is 5.76 Å². The molecular weight excluding hydrogens is 468 g/mol. The molecule has 0 N–H and O–H groups in total. The number of rotatable bonds is 10. The first-order valence-electron chi connectivity index (χ1n) is 11.6. The third-order valence-electron chi connectivity index (χ3n) is 6.34. The van der Waals surface area contributed by atoms with Gasteiger partial charge in [-0.2, -0.15) is 0 Å². The minimum absolute atomic E-state index is 0.0697. The molecule has 1 unspecified atom stereocenters. The second kappa shape index (κ2) is 10.5. The molecule has 35 heavy (non-hydrogen) atoms. The van der Waals surface area contributed by atoms with Crippen molar-refractivity contribution in [3.8, 4) is 11.5 Å². The Balaban J connectivity index is 1.87. The van der Waals surface area contributed by atoms with Crippen LogP contribution >= 0.6 is 11.6 Å². The van der Waals surface area contributed by atoms with E-state index in [9.17, 15) is 9.59 Å². The summed E-state index contributed by atoms with van der Waals surface area (Å²) < 4.78 is 17.2. The normalized spacial score (nSPS) is 15.1. The molecule has 2 heterocycles. The van der Waals surface area contributed by atoms with Crippen LogP contribution in [-0.4, -0.2) is 55.6 Å². The van der Waals surface area contributed by atoms with Crippen molar-refractivity contribution < 1.29 is 18.7 Å². The highest BCUT2D eigenvalue weighted by atomic mass is 35.5. The minimum Gasteiger partial charge on any atom is -0.493 e. The molecule has 0 radical (unpaired) electrons. The summed E-state index contributed by atoms with van der Waals surface area (Å²) >= 11 is 6.17. The highest BCUT2D eigenvalue weighted by Gasteiger charge is 2.43. The van der Waals surface area contributed by atoms with Gasteiger partial charge in [0.1, 0.15) is 12.2 Å². The Morgan fingerprint density at radius 2 is 1.91 bits per heavy atom. The van der Waals surface area contributed by atoms with Gasteiger partial charge in [0.25, 0.3) is 5.91 Å². The van der Waals surface area contributed by atoms with Crippen molar-refractivity contribution in [3.63, 3.8) is 0 Å². The number of methoxy groups -OCH3 is 1. The van der Waals surface area contributed by atoms with E-state index in [1.54, 1.807) is 48.4 Å². The smallest absolute Gasteiger partial charge is 0.290 e. The number of carbonyl (C=O) groups is 1. The van der Waals surface area contributed by atoms with Crippen LogP contribution in [0.1, 0.15) is 41.6 Å². The summed E-state index contributed by atoms with van der Waals surface area (Å²) in [6, 6.07) is 9.64. The first kappa shape index (κ1) is 24.8. The van der Waals surface area contributed by atoms with Gasteiger partial charge < -0.3 is 23.7 Å². The molecule has 184 valence electrons. The maximum atomic E-state index is 13.7. The van der Waals surface area contributed by atoms with E-state index in [-0.39, 0.29) is 17.1 Å². The predicted octanol–water partition coefficient (Wildman–Crippen LogP) is 4.91. The first-order chi connectivity index (χ1) is 16.9.